The molecule has 1 aliphatic heterocycles. The fourth-order valence-corrected chi connectivity index (χ4v) is 2.88. The van der Waals surface area contributed by atoms with Crippen LogP contribution in [-0.4, -0.2) is 34.2 Å². The zero-order valence-corrected chi connectivity index (χ0v) is 11.4. The summed E-state index contributed by atoms with van der Waals surface area (Å²) in [6.45, 7) is 4.92. The Labute approximate surface area is 113 Å². The lowest BCUT2D eigenvalue weighted by atomic mass is 9.95. The van der Waals surface area contributed by atoms with Crippen molar-refractivity contribution >= 4 is 11.6 Å². The van der Waals surface area contributed by atoms with Crippen LogP contribution in [0.25, 0.3) is 5.65 Å². The molecular formula is C14H21N5. The van der Waals surface area contributed by atoms with Gasteiger partial charge in [0.2, 0.25) is 5.95 Å². The van der Waals surface area contributed by atoms with Gasteiger partial charge >= 0.3 is 0 Å². The molecule has 3 heterocycles. The molecule has 0 spiro atoms. The Morgan fingerprint density at radius 1 is 1.42 bits per heavy atom. The lowest BCUT2D eigenvalue weighted by Gasteiger charge is -2.31. The van der Waals surface area contributed by atoms with Crippen LogP contribution in [0.15, 0.2) is 18.2 Å². The van der Waals surface area contributed by atoms with Crippen LogP contribution in [0.2, 0.25) is 0 Å². The lowest BCUT2D eigenvalue weighted by molar-refractivity contribution is 0.392. The minimum atomic E-state index is 0.687. The van der Waals surface area contributed by atoms with E-state index < -0.39 is 0 Å². The molecule has 5 nitrogen and oxygen atoms in total. The molecule has 0 aromatic carbocycles. The fourth-order valence-electron chi connectivity index (χ4n) is 2.88. The Morgan fingerprint density at radius 3 is 3.11 bits per heavy atom. The minimum Gasteiger partial charge on any atom is -0.339 e. The number of pyridine rings is 1. The van der Waals surface area contributed by atoms with Crippen molar-refractivity contribution in [2.45, 2.75) is 26.2 Å². The van der Waals surface area contributed by atoms with Crippen LogP contribution in [-0.2, 0) is 0 Å². The fraction of sp³-hybridized carbons (Fsp3) is 0.571. The average molecular weight is 259 g/mol. The molecule has 102 valence electrons. The summed E-state index contributed by atoms with van der Waals surface area (Å²) >= 11 is 0. The van der Waals surface area contributed by atoms with E-state index in [-0.39, 0.29) is 0 Å². The Kier molecular flexibility index (Phi) is 3.38. The van der Waals surface area contributed by atoms with Gasteiger partial charge in [-0.25, -0.2) is 4.52 Å². The lowest BCUT2D eigenvalue weighted by Crippen LogP contribution is -2.36. The Bertz CT molecular complexity index is 560. The second-order valence-electron chi connectivity index (χ2n) is 5.38. The van der Waals surface area contributed by atoms with E-state index in [4.69, 9.17) is 5.73 Å². The maximum Gasteiger partial charge on any atom is 0.245 e. The molecule has 3 rings (SSSR count). The zero-order chi connectivity index (χ0) is 13.2. The van der Waals surface area contributed by atoms with Crippen LogP contribution in [0.5, 0.6) is 0 Å². The number of aryl methyl sites for hydroxylation is 1. The van der Waals surface area contributed by atoms with Crippen LogP contribution < -0.4 is 10.6 Å². The maximum absolute atomic E-state index is 5.67. The second-order valence-corrected chi connectivity index (χ2v) is 5.38. The van der Waals surface area contributed by atoms with Gasteiger partial charge in [0.25, 0.3) is 0 Å². The number of fused-ring (bicyclic) bond motifs is 1. The maximum atomic E-state index is 5.67. The molecule has 19 heavy (non-hydrogen) atoms. The smallest absolute Gasteiger partial charge is 0.245 e. The SMILES string of the molecule is Cc1cccc2nc(N3CCCC(CCN)C3)nn12. The molecule has 0 radical (unpaired) electrons. The van der Waals surface area contributed by atoms with Gasteiger partial charge in [0.15, 0.2) is 5.65 Å². The van der Waals surface area contributed by atoms with Crippen LogP contribution in [0.4, 0.5) is 5.95 Å². The number of anilines is 1. The van der Waals surface area contributed by atoms with Crippen molar-refractivity contribution in [1.82, 2.24) is 14.6 Å². The number of piperidine rings is 1. The molecule has 0 amide bonds. The highest BCUT2D eigenvalue weighted by atomic mass is 15.4. The molecule has 0 aliphatic carbocycles. The van der Waals surface area contributed by atoms with Gasteiger partial charge in [-0.2, -0.15) is 4.98 Å². The van der Waals surface area contributed by atoms with E-state index in [0.717, 1.165) is 43.3 Å². The summed E-state index contributed by atoms with van der Waals surface area (Å²) in [6, 6.07) is 6.08. The summed E-state index contributed by atoms with van der Waals surface area (Å²) in [7, 11) is 0. The molecule has 0 bridgehead atoms. The third-order valence-corrected chi connectivity index (χ3v) is 3.91. The molecule has 5 heteroatoms. The number of hydrogen-bond donors (Lipinski definition) is 1. The molecule has 0 saturated carbocycles. The molecule has 1 saturated heterocycles. The van der Waals surface area contributed by atoms with Gasteiger partial charge in [0.1, 0.15) is 0 Å². The molecule has 1 fully saturated rings. The number of hydrogen-bond acceptors (Lipinski definition) is 4. The van der Waals surface area contributed by atoms with Crippen LogP contribution in [0.3, 0.4) is 0 Å². The van der Waals surface area contributed by atoms with Gasteiger partial charge in [-0.3, -0.25) is 0 Å². The molecule has 1 atom stereocenters. The Hall–Kier alpha value is -1.62. The average Bonchev–Trinajstić information content (AvgIpc) is 2.85. The van der Waals surface area contributed by atoms with Crippen molar-refractivity contribution in [2.75, 3.05) is 24.5 Å². The van der Waals surface area contributed by atoms with Crippen molar-refractivity contribution in [3.63, 3.8) is 0 Å². The molecule has 2 N–H and O–H groups in total. The van der Waals surface area contributed by atoms with Crippen LogP contribution in [0, 0.1) is 12.8 Å². The van der Waals surface area contributed by atoms with E-state index >= 15 is 0 Å². The quantitative estimate of drug-likeness (QED) is 0.909. The summed E-state index contributed by atoms with van der Waals surface area (Å²) in [5, 5.41) is 4.63. The number of nitrogens with two attached hydrogens (primary N) is 1. The zero-order valence-electron chi connectivity index (χ0n) is 11.4. The van der Waals surface area contributed by atoms with Crippen LogP contribution in [0.1, 0.15) is 25.0 Å². The van der Waals surface area contributed by atoms with Gasteiger partial charge in [-0.1, -0.05) is 6.07 Å². The highest BCUT2D eigenvalue weighted by Gasteiger charge is 2.22. The first-order chi connectivity index (χ1) is 9.28. The van der Waals surface area contributed by atoms with Crippen molar-refractivity contribution in [1.29, 1.82) is 0 Å². The number of rotatable bonds is 3. The van der Waals surface area contributed by atoms with E-state index in [1.807, 2.05) is 16.6 Å². The molecule has 2 aromatic heterocycles. The van der Waals surface area contributed by atoms with E-state index in [2.05, 4.69) is 28.0 Å². The number of nitrogens with zero attached hydrogens (tertiary/aromatic N) is 4. The molecular weight excluding hydrogens is 238 g/mol. The number of aromatic nitrogens is 3. The van der Waals surface area contributed by atoms with Crippen molar-refractivity contribution in [3.8, 4) is 0 Å². The highest BCUT2D eigenvalue weighted by Crippen LogP contribution is 2.23. The first kappa shape index (κ1) is 12.4. The topological polar surface area (TPSA) is 59.5 Å². The van der Waals surface area contributed by atoms with Gasteiger partial charge in [0.05, 0.1) is 0 Å². The normalized spacial score (nSPS) is 20.1. The second kappa shape index (κ2) is 5.17. The van der Waals surface area contributed by atoms with Crippen molar-refractivity contribution < 1.29 is 0 Å². The predicted molar refractivity (Wildman–Crippen MR) is 76.3 cm³/mol. The Morgan fingerprint density at radius 2 is 2.32 bits per heavy atom. The minimum absolute atomic E-state index is 0.687. The van der Waals surface area contributed by atoms with Crippen molar-refractivity contribution in [3.05, 3.63) is 23.9 Å². The summed E-state index contributed by atoms with van der Waals surface area (Å²) < 4.78 is 1.92. The highest BCUT2D eigenvalue weighted by molar-refractivity contribution is 5.45. The van der Waals surface area contributed by atoms with Gasteiger partial charge in [0, 0.05) is 18.8 Å². The van der Waals surface area contributed by atoms with E-state index in [9.17, 15) is 0 Å². The predicted octanol–water partition coefficient (Wildman–Crippen LogP) is 1.60. The van der Waals surface area contributed by atoms with E-state index in [1.54, 1.807) is 0 Å². The monoisotopic (exact) mass is 259 g/mol. The first-order valence-electron chi connectivity index (χ1n) is 7.05. The van der Waals surface area contributed by atoms with Gasteiger partial charge in [-0.05, 0) is 50.8 Å². The van der Waals surface area contributed by atoms with Crippen LogP contribution >= 0.6 is 0 Å². The summed E-state index contributed by atoms with van der Waals surface area (Å²) in [6.07, 6.45) is 3.59. The third kappa shape index (κ3) is 2.42. The summed E-state index contributed by atoms with van der Waals surface area (Å²) in [5.74, 6) is 1.54. The summed E-state index contributed by atoms with van der Waals surface area (Å²) in [4.78, 5) is 6.94. The van der Waals surface area contributed by atoms with E-state index in [1.165, 1.54) is 12.8 Å². The third-order valence-electron chi connectivity index (χ3n) is 3.91. The Balaban J connectivity index is 1.85. The largest absolute Gasteiger partial charge is 0.339 e. The standard InChI is InChI=1S/C14H21N5/c1-11-4-2-6-13-16-14(17-19(11)13)18-9-3-5-12(10-18)7-8-15/h2,4,6,12H,3,5,7-10,15H2,1H3. The van der Waals surface area contributed by atoms with Gasteiger partial charge < -0.3 is 10.6 Å². The molecule has 2 aromatic rings. The molecule has 1 aliphatic rings. The summed E-state index contributed by atoms with van der Waals surface area (Å²) in [5.41, 5.74) is 7.71. The van der Waals surface area contributed by atoms with Gasteiger partial charge in [-0.15, -0.1) is 5.10 Å². The van der Waals surface area contributed by atoms with Crippen molar-refractivity contribution in [2.24, 2.45) is 11.7 Å². The molecule has 1 unspecified atom stereocenters. The first-order valence-corrected chi connectivity index (χ1v) is 7.05. The van der Waals surface area contributed by atoms with E-state index in [0.29, 0.717) is 5.92 Å².